The van der Waals surface area contributed by atoms with Crippen LogP contribution in [0.3, 0.4) is 0 Å². The Morgan fingerprint density at radius 2 is 1.60 bits per heavy atom. The second-order valence-corrected chi connectivity index (χ2v) is 10.9. The van der Waals surface area contributed by atoms with Gasteiger partial charge in [-0.2, -0.15) is 13.2 Å². The van der Waals surface area contributed by atoms with Gasteiger partial charge in [-0.3, -0.25) is 9.59 Å². The summed E-state index contributed by atoms with van der Waals surface area (Å²) >= 11 is 0. The molecule has 0 atom stereocenters. The van der Waals surface area contributed by atoms with Crippen LogP contribution < -0.4 is 15.5 Å². The van der Waals surface area contributed by atoms with Gasteiger partial charge in [-0.15, -0.1) is 0 Å². The third-order valence-electron chi connectivity index (χ3n) is 8.15. The molecule has 3 aromatic rings. The zero-order valence-corrected chi connectivity index (χ0v) is 23.9. The molecule has 0 aromatic heterocycles. The van der Waals surface area contributed by atoms with Gasteiger partial charge in [0.15, 0.2) is 0 Å². The molecule has 8 nitrogen and oxygen atoms in total. The van der Waals surface area contributed by atoms with Gasteiger partial charge in [0.05, 0.1) is 12.2 Å². The van der Waals surface area contributed by atoms with Crippen molar-refractivity contribution in [3.05, 3.63) is 95.6 Å². The largest absolute Gasteiger partial charge is 0.416 e. The minimum atomic E-state index is -4.48. The molecule has 0 radical (unpaired) electrons. The maximum atomic E-state index is 13.9. The Morgan fingerprint density at radius 1 is 0.907 bits per heavy atom. The topological polar surface area (TPSA) is 85.0 Å². The fraction of sp³-hybridized carbons (Fsp3) is 0.344. The Morgan fingerprint density at radius 3 is 2.26 bits per heavy atom. The summed E-state index contributed by atoms with van der Waals surface area (Å²) in [6.07, 6.45) is -2.81. The number of halogens is 3. The van der Waals surface area contributed by atoms with Gasteiger partial charge >= 0.3 is 12.2 Å². The Hall–Kier alpha value is -4.54. The first kappa shape index (κ1) is 29.9. The number of likely N-dealkylation sites (tertiary alicyclic amines) is 1. The fourth-order valence-electron chi connectivity index (χ4n) is 5.72. The quantitative estimate of drug-likeness (QED) is 0.392. The molecule has 2 fully saturated rings. The number of benzene rings is 3. The molecule has 0 aliphatic carbocycles. The van der Waals surface area contributed by atoms with Gasteiger partial charge < -0.3 is 25.3 Å². The molecule has 2 aliphatic heterocycles. The first-order valence-corrected chi connectivity index (χ1v) is 14.3. The Labute approximate surface area is 248 Å². The smallest absolute Gasteiger partial charge is 0.350 e. The van der Waals surface area contributed by atoms with Crippen LogP contribution in [0.25, 0.3) is 0 Å². The van der Waals surface area contributed by atoms with Crippen LogP contribution in [0, 0.1) is 0 Å². The van der Waals surface area contributed by atoms with Crippen molar-refractivity contribution in [3.8, 4) is 0 Å². The average Bonchev–Trinajstić information content (AvgIpc) is 3.27. The van der Waals surface area contributed by atoms with Crippen molar-refractivity contribution in [2.75, 3.05) is 36.5 Å². The van der Waals surface area contributed by atoms with E-state index in [1.54, 1.807) is 4.90 Å². The lowest BCUT2D eigenvalue weighted by Gasteiger charge is -2.43. The molecule has 11 heteroatoms. The maximum absolute atomic E-state index is 13.9. The van der Waals surface area contributed by atoms with Crippen LogP contribution in [-0.4, -0.2) is 59.5 Å². The van der Waals surface area contributed by atoms with Gasteiger partial charge in [-0.25, -0.2) is 4.79 Å². The van der Waals surface area contributed by atoms with Crippen molar-refractivity contribution >= 4 is 29.2 Å². The first-order valence-electron chi connectivity index (χ1n) is 14.3. The number of carbonyl (C=O) groups is 3. The van der Waals surface area contributed by atoms with E-state index in [0.717, 1.165) is 24.2 Å². The van der Waals surface area contributed by atoms with Crippen molar-refractivity contribution in [1.82, 2.24) is 15.1 Å². The molecular weight excluding hydrogens is 559 g/mol. The molecule has 3 aromatic carbocycles. The van der Waals surface area contributed by atoms with E-state index >= 15 is 0 Å². The third-order valence-corrected chi connectivity index (χ3v) is 8.15. The highest BCUT2D eigenvalue weighted by Crippen LogP contribution is 2.39. The maximum Gasteiger partial charge on any atom is 0.416 e. The van der Waals surface area contributed by atoms with E-state index in [1.165, 1.54) is 22.6 Å². The third kappa shape index (κ3) is 6.60. The zero-order chi connectivity index (χ0) is 30.6. The summed E-state index contributed by atoms with van der Waals surface area (Å²) in [5.41, 5.74) is 1.30. The van der Waals surface area contributed by atoms with Crippen LogP contribution in [-0.2, 0) is 28.7 Å². The number of nitrogens with zero attached hydrogens (tertiary/aromatic N) is 3. The molecule has 2 N–H and O–H groups in total. The monoisotopic (exact) mass is 593 g/mol. The zero-order valence-electron chi connectivity index (χ0n) is 23.9. The van der Waals surface area contributed by atoms with Gasteiger partial charge in [0.2, 0.25) is 5.91 Å². The van der Waals surface area contributed by atoms with Crippen molar-refractivity contribution in [2.45, 2.75) is 44.4 Å². The van der Waals surface area contributed by atoms with Crippen molar-refractivity contribution < 1.29 is 27.6 Å². The second-order valence-electron chi connectivity index (χ2n) is 10.9. The molecule has 43 heavy (non-hydrogen) atoms. The molecule has 0 bridgehead atoms. The van der Waals surface area contributed by atoms with Crippen LogP contribution in [0.15, 0.2) is 78.9 Å². The molecule has 4 amide bonds. The van der Waals surface area contributed by atoms with E-state index in [0.29, 0.717) is 37.2 Å². The summed E-state index contributed by atoms with van der Waals surface area (Å²) in [6, 6.07) is 21.7. The summed E-state index contributed by atoms with van der Waals surface area (Å²) in [7, 11) is 0. The Kier molecular flexibility index (Phi) is 8.61. The number of hydrogen-bond acceptors (Lipinski definition) is 4. The SMILES string of the molecule is CCc1ccc(NC(=O)N2CCC3(CC2)C(=O)N(CC(=O)NCc2cccc(C(F)(F)F)c2)CN3c2ccccc2)cc1. The molecular formula is C32H34F3N5O3. The van der Waals surface area contributed by atoms with Gasteiger partial charge in [-0.05, 0) is 66.8 Å². The normalized spacial score (nSPS) is 16.5. The number of aryl methyl sites for hydroxylation is 1. The lowest BCUT2D eigenvalue weighted by Crippen LogP contribution is -2.58. The van der Waals surface area contributed by atoms with Gasteiger partial charge in [0, 0.05) is 31.0 Å². The number of piperidine rings is 1. The predicted molar refractivity (Wildman–Crippen MR) is 157 cm³/mol. The number of carbonyl (C=O) groups excluding carboxylic acids is 3. The molecule has 226 valence electrons. The Bertz CT molecular complexity index is 1460. The van der Waals surface area contributed by atoms with E-state index in [1.807, 2.05) is 59.5 Å². The number of para-hydroxylation sites is 1. The second kappa shape index (κ2) is 12.4. The number of urea groups is 1. The fourth-order valence-corrected chi connectivity index (χ4v) is 5.72. The summed E-state index contributed by atoms with van der Waals surface area (Å²) in [5.74, 6) is -0.678. The molecule has 5 rings (SSSR count). The van der Waals surface area contributed by atoms with Crippen molar-refractivity contribution in [3.63, 3.8) is 0 Å². The van der Waals surface area contributed by atoms with Crippen LogP contribution in [0.4, 0.5) is 29.3 Å². The van der Waals surface area contributed by atoms with E-state index in [2.05, 4.69) is 17.6 Å². The van der Waals surface area contributed by atoms with Gasteiger partial charge in [0.1, 0.15) is 12.1 Å². The van der Waals surface area contributed by atoms with E-state index < -0.39 is 23.2 Å². The first-order chi connectivity index (χ1) is 20.6. The lowest BCUT2D eigenvalue weighted by atomic mass is 9.85. The molecule has 2 heterocycles. The Balaban J connectivity index is 1.25. The minimum Gasteiger partial charge on any atom is -0.350 e. The number of alkyl halides is 3. The van der Waals surface area contributed by atoms with Gasteiger partial charge in [0.25, 0.3) is 5.91 Å². The van der Waals surface area contributed by atoms with E-state index in [-0.39, 0.29) is 31.7 Å². The highest BCUT2D eigenvalue weighted by molar-refractivity contribution is 5.97. The summed E-state index contributed by atoms with van der Waals surface area (Å²) < 4.78 is 39.2. The minimum absolute atomic E-state index is 0.0937. The summed E-state index contributed by atoms with van der Waals surface area (Å²) in [5, 5.41) is 5.58. The number of hydrogen-bond donors (Lipinski definition) is 2. The molecule has 0 unspecified atom stereocenters. The number of rotatable bonds is 7. The number of amides is 4. The summed E-state index contributed by atoms with van der Waals surface area (Å²) in [6.45, 7) is 2.61. The van der Waals surface area contributed by atoms with Crippen molar-refractivity contribution in [1.29, 1.82) is 0 Å². The van der Waals surface area contributed by atoms with Crippen LogP contribution in [0.5, 0.6) is 0 Å². The highest BCUT2D eigenvalue weighted by atomic mass is 19.4. The molecule has 0 saturated carbocycles. The van der Waals surface area contributed by atoms with Gasteiger partial charge in [-0.1, -0.05) is 49.4 Å². The average molecular weight is 594 g/mol. The van der Waals surface area contributed by atoms with Crippen LogP contribution >= 0.6 is 0 Å². The van der Waals surface area contributed by atoms with E-state index in [9.17, 15) is 27.6 Å². The summed E-state index contributed by atoms with van der Waals surface area (Å²) in [4.78, 5) is 45.0. The van der Waals surface area contributed by atoms with Crippen molar-refractivity contribution in [2.24, 2.45) is 0 Å². The number of anilines is 2. The molecule has 2 saturated heterocycles. The van der Waals surface area contributed by atoms with Crippen LogP contribution in [0.2, 0.25) is 0 Å². The molecule has 2 aliphatic rings. The number of nitrogens with one attached hydrogen (secondary N) is 2. The van der Waals surface area contributed by atoms with E-state index in [4.69, 9.17) is 0 Å². The lowest BCUT2D eigenvalue weighted by molar-refractivity contribution is -0.138. The highest BCUT2D eigenvalue weighted by Gasteiger charge is 2.54. The predicted octanol–water partition coefficient (Wildman–Crippen LogP) is 5.26. The standard InChI is InChI=1S/C32H34F3N5O3/c1-2-23-11-13-26(14-12-23)37-30(43)38-17-15-31(16-18-38)29(42)39(22-40(31)27-9-4-3-5-10-27)21-28(41)36-20-24-7-6-8-25(19-24)32(33,34)35/h3-14,19H,2,15-18,20-22H2,1H3,(H,36,41)(H,37,43). The van der Waals surface area contributed by atoms with Crippen LogP contribution in [0.1, 0.15) is 36.5 Å². The molecule has 1 spiro atoms.